The number of carbonyl (C=O) groups excluding carboxylic acids is 1. The molecule has 24 heavy (non-hydrogen) atoms. The van der Waals surface area contributed by atoms with E-state index in [1.165, 1.54) is 19.3 Å². The van der Waals surface area contributed by atoms with Crippen molar-refractivity contribution >= 4 is 29.2 Å². The predicted molar refractivity (Wildman–Crippen MR) is 97.6 cm³/mol. The number of nitrogens with one attached hydrogen (secondary N) is 1. The Labute approximate surface area is 148 Å². The van der Waals surface area contributed by atoms with Crippen molar-refractivity contribution in [1.29, 1.82) is 0 Å². The molecule has 2 aromatic rings. The van der Waals surface area contributed by atoms with Gasteiger partial charge in [-0.1, -0.05) is 18.2 Å². The highest BCUT2D eigenvalue weighted by molar-refractivity contribution is 6.04. The standard InChI is InChI=1S/C18H24N4O.ClH/c1-21-13-8-7-12(11-14(21)10-9-13)19-18(23)17-15-5-3-4-6-16(15)22(2)20-17;/h3-6,12-14H,7-11H2,1-2H3,(H,19,23);1H/t12?,13-,14-;/m1./s1. The molecule has 1 N–H and O–H groups in total. The van der Waals surface area contributed by atoms with Gasteiger partial charge in [0.15, 0.2) is 5.69 Å². The van der Waals surface area contributed by atoms with Crippen LogP contribution >= 0.6 is 12.4 Å². The summed E-state index contributed by atoms with van der Waals surface area (Å²) in [7, 11) is 4.12. The number of amides is 1. The third-order valence-electron chi connectivity index (χ3n) is 5.70. The van der Waals surface area contributed by atoms with E-state index in [-0.39, 0.29) is 24.4 Å². The van der Waals surface area contributed by atoms with Gasteiger partial charge in [-0.05, 0) is 45.2 Å². The molecule has 3 heterocycles. The average molecular weight is 349 g/mol. The smallest absolute Gasteiger partial charge is 0.272 e. The van der Waals surface area contributed by atoms with E-state index in [0.29, 0.717) is 17.8 Å². The summed E-state index contributed by atoms with van der Waals surface area (Å²) in [5, 5.41) is 8.61. The van der Waals surface area contributed by atoms with E-state index in [0.717, 1.165) is 23.7 Å². The maximum absolute atomic E-state index is 12.7. The second-order valence-electron chi connectivity index (χ2n) is 7.02. The molecule has 0 saturated carbocycles. The molecule has 2 aliphatic rings. The summed E-state index contributed by atoms with van der Waals surface area (Å²) in [5.41, 5.74) is 1.54. The van der Waals surface area contributed by atoms with Gasteiger partial charge in [-0.2, -0.15) is 5.10 Å². The van der Waals surface area contributed by atoms with E-state index in [9.17, 15) is 4.79 Å². The fraction of sp³-hybridized carbons (Fsp3) is 0.556. The molecule has 2 saturated heterocycles. The Bertz CT molecular complexity index is 744. The fourth-order valence-corrected chi connectivity index (χ4v) is 4.33. The Hall–Kier alpha value is -1.59. The molecule has 0 aliphatic carbocycles. The topological polar surface area (TPSA) is 50.2 Å². The number of aryl methyl sites for hydroxylation is 1. The number of aromatic nitrogens is 2. The summed E-state index contributed by atoms with van der Waals surface area (Å²) in [6.07, 6.45) is 5.89. The van der Waals surface area contributed by atoms with E-state index >= 15 is 0 Å². The third kappa shape index (κ3) is 2.91. The number of hydrogen-bond acceptors (Lipinski definition) is 3. The van der Waals surface area contributed by atoms with Gasteiger partial charge < -0.3 is 10.2 Å². The normalized spacial score (nSPS) is 26.8. The Kier molecular flexibility index (Phi) is 4.83. The number of fused-ring (bicyclic) bond motifs is 3. The van der Waals surface area contributed by atoms with Crippen molar-refractivity contribution in [2.24, 2.45) is 7.05 Å². The van der Waals surface area contributed by atoms with Crippen molar-refractivity contribution in [3.05, 3.63) is 30.0 Å². The van der Waals surface area contributed by atoms with Crippen LogP contribution in [0.2, 0.25) is 0 Å². The maximum Gasteiger partial charge on any atom is 0.272 e. The molecule has 4 rings (SSSR count). The minimum Gasteiger partial charge on any atom is -0.348 e. The van der Waals surface area contributed by atoms with Crippen molar-refractivity contribution in [1.82, 2.24) is 20.0 Å². The van der Waals surface area contributed by atoms with Crippen molar-refractivity contribution in [2.45, 2.75) is 50.2 Å². The molecule has 0 radical (unpaired) electrons. The Balaban J connectivity index is 0.00000169. The molecule has 0 spiro atoms. The van der Waals surface area contributed by atoms with Gasteiger partial charge in [-0.15, -0.1) is 12.4 Å². The molecule has 1 unspecified atom stereocenters. The number of para-hydroxylation sites is 1. The van der Waals surface area contributed by atoms with Gasteiger partial charge in [-0.25, -0.2) is 0 Å². The molecule has 2 bridgehead atoms. The lowest BCUT2D eigenvalue weighted by Crippen LogP contribution is -2.38. The van der Waals surface area contributed by atoms with Crippen LogP contribution in [-0.4, -0.2) is 45.8 Å². The minimum absolute atomic E-state index is 0. The largest absolute Gasteiger partial charge is 0.348 e. The zero-order valence-electron chi connectivity index (χ0n) is 14.2. The summed E-state index contributed by atoms with van der Waals surface area (Å²) < 4.78 is 1.78. The van der Waals surface area contributed by atoms with Gasteiger partial charge in [0.05, 0.1) is 5.52 Å². The minimum atomic E-state index is -0.0350. The second-order valence-corrected chi connectivity index (χ2v) is 7.02. The summed E-state index contributed by atoms with van der Waals surface area (Å²) >= 11 is 0. The fourth-order valence-electron chi connectivity index (χ4n) is 4.33. The number of nitrogens with zero attached hydrogens (tertiary/aromatic N) is 3. The molecular weight excluding hydrogens is 324 g/mol. The van der Waals surface area contributed by atoms with E-state index in [1.807, 2.05) is 31.3 Å². The number of rotatable bonds is 2. The number of halogens is 1. The highest BCUT2D eigenvalue weighted by Crippen LogP contribution is 2.33. The first-order valence-corrected chi connectivity index (χ1v) is 8.58. The van der Waals surface area contributed by atoms with Gasteiger partial charge in [0.25, 0.3) is 5.91 Å². The van der Waals surface area contributed by atoms with Gasteiger partial charge >= 0.3 is 0 Å². The number of carbonyl (C=O) groups is 1. The first-order chi connectivity index (χ1) is 11.1. The van der Waals surface area contributed by atoms with E-state index < -0.39 is 0 Å². The highest BCUT2D eigenvalue weighted by Gasteiger charge is 2.36. The van der Waals surface area contributed by atoms with Gasteiger partial charge in [0.2, 0.25) is 0 Å². The molecule has 5 nitrogen and oxygen atoms in total. The molecule has 1 aromatic carbocycles. The van der Waals surface area contributed by atoms with Crippen LogP contribution in [0.5, 0.6) is 0 Å². The van der Waals surface area contributed by atoms with Crippen molar-refractivity contribution in [3.8, 4) is 0 Å². The SMILES string of the molecule is CN1[C@@H]2CCC(NC(=O)c3nn(C)c4ccccc34)C[C@H]1CC2.Cl. The quantitative estimate of drug-likeness (QED) is 0.907. The van der Waals surface area contributed by atoms with Gasteiger partial charge in [0.1, 0.15) is 0 Å². The van der Waals surface area contributed by atoms with Crippen LogP contribution in [-0.2, 0) is 7.05 Å². The van der Waals surface area contributed by atoms with Crippen molar-refractivity contribution in [2.75, 3.05) is 7.05 Å². The Morgan fingerprint density at radius 2 is 1.83 bits per heavy atom. The van der Waals surface area contributed by atoms with Crippen LogP contribution in [0.15, 0.2) is 24.3 Å². The molecular formula is C18H25ClN4O. The lowest BCUT2D eigenvalue weighted by Gasteiger charge is -2.23. The monoisotopic (exact) mass is 348 g/mol. The zero-order valence-corrected chi connectivity index (χ0v) is 15.1. The van der Waals surface area contributed by atoms with Crippen LogP contribution in [0, 0.1) is 0 Å². The predicted octanol–water partition coefficient (Wildman–Crippen LogP) is 2.74. The van der Waals surface area contributed by atoms with Gasteiger partial charge in [-0.3, -0.25) is 9.48 Å². The second kappa shape index (κ2) is 6.73. The van der Waals surface area contributed by atoms with E-state index in [2.05, 4.69) is 22.4 Å². The first kappa shape index (κ1) is 17.2. The van der Waals surface area contributed by atoms with Crippen LogP contribution in [0.1, 0.15) is 42.6 Å². The molecule has 2 fully saturated rings. The van der Waals surface area contributed by atoms with Crippen LogP contribution < -0.4 is 5.32 Å². The maximum atomic E-state index is 12.7. The van der Waals surface area contributed by atoms with Crippen LogP contribution in [0.4, 0.5) is 0 Å². The highest BCUT2D eigenvalue weighted by atomic mass is 35.5. The summed E-state index contributed by atoms with van der Waals surface area (Å²) in [5.74, 6) is -0.0350. The van der Waals surface area contributed by atoms with Gasteiger partial charge in [0, 0.05) is 30.6 Å². The summed E-state index contributed by atoms with van der Waals surface area (Å²) in [6.45, 7) is 0. The van der Waals surface area contributed by atoms with Crippen LogP contribution in [0.3, 0.4) is 0 Å². The van der Waals surface area contributed by atoms with Crippen molar-refractivity contribution in [3.63, 3.8) is 0 Å². The number of benzene rings is 1. The molecule has 2 aliphatic heterocycles. The lowest BCUT2D eigenvalue weighted by atomic mass is 9.96. The molecule has 1 aromatic heterocycles. The lowest BCUT2D eigenvalue weighted by molar-refractivity contribution is 0.0926. The molecule has 3 atom stereocenters. The summed E-state index contributed by atoms with van der Waals surface area (Å²) in [6, 6.07) is 9.50. The Morgan fingerprint density at radius 3 is 2.67 bits per heavy atom. The van der Waals surface area contributed by atoms with E-state index in [4.69, 9.17) is 0 Å². The first-order valence-electron chi connectivity index (χ1n) is 8.58. The third-order valence-corrected chi connectivity index (χ3v) is 5.70. The zero-order chi connectivity index (χ0) is 16.0. The molecule has 6 heteroatoms. The Morgan fingerprint density at radius 1 is 1.12 bits per heavy atom. The van der Waals surface area contributed by atoms with Crippen LogP contribution in [0.25, 0.3) is 10.9 Å². The van der Waals surface area contributed by atoms with E-state index in [1.54, 1.807) is 4.68 Å². The van der Waals surface area contributed by atoms with Crippen molar-refractivity contribution < 1.29 is 4.79 Å². The molecule has 1 amide bonds. The molecule has 130 valence electrons. The average Bonchev–Trinajstić information content (AvgIpc) is 3.00. The number of hydrogen-bond donors (Lipinski definition) is 1. The summed E-state index contributed by atoms with van der Waals surface area (Å²) in [4.78, 5) is 15.3.